The van der Waals surface area contributed by atoms with Crippen molar-refractivity contribution in [2.75, 3.05) is 50.8 Å². The number of hydrogen-bond donors (Lipinski definition) is 1. The number of sulfonamides is 1. The molecule has 2 aliphatic rings. The van der Waals surface area contributed by atoms with Gasteiger partial charge in [-0.25, -0.2) is 8.42 Å². The predicted molar refractivity (Wildman–Crippen MR) is 105 cm³/mol. The molecule has 0 bridgehead atoms. The molecular formula is C18H26ClN3O4S. The number of nitrogens with one attached hydrogen (secondary N) is 1. The lowest BCUT2D eigenvalue weighted by Gasteiger charge is -2.33. The molecule has 7 nitrogen and oxygen atoms in total. The first-order valence-electron chi connectivity index (χ1n) is 9.33. The van der Waals surface area contributed by atoms with Gasteiger partial charge in [0.15, 0.2) is 0 Å². The lowest BCUT2D eigenvalue weighted by Crippen LogP contribution is -2.41. The Morgan fingerprint density at radius 2 is 1.89 bits per heavy atom. The number of piperidine rings is 1. The van der Waals surface area contributed by atoms with Gasteiger partial charge in [-0.1, -0.05) is 11.6 Å². The van der Waals surface area contributed by atoms with Gasteiger partial charge in [-0.2, -0.15) is 4.31 Å². The van der Waals surface area contributed by atoms with Crippen LogP contribution in [0.1, 0.15) is 19.8 Å². The number of halogens is 1. The summed E-state index contributed by atoms with van der Waals surface area (Å²) < 4.78 is 32.2. The number of nitrogens with zero attached hydrogens (tertiary/aromatic N) is 2. The highest BCUT2D eigenvalue weighted by Gasteiger charge is 2.29. The highest BCUT2D eigenvalue weighted by Crippen LogP contribution is 2.32. The van der Waals surface area contributed by atoms with E-state index in [0.717, 1.165) is 31.6 Å². The highest BCUT2D eigenvalue weighted by molar-refractivity contribution is 7.89. The number of rotatable bonds is 5. The van der Waals surface area contributed by atoms with Gasteiger partial charge in [0.05, 0.1) is 28.8 Å². The monoisotopic (exact) mass is 415 g/mol. The summed E-state index contributed by atoms with van der Waals surface area (Å²) in [4.78, 5) is 14.3. The van der Waals surface area contributed by atoms with Gasteiger partial charge in [-0.05, 0) is 38.0 Å². The van der Waals surface area contributed by atoms with Crippen LogP contribution in [-0.4, -0.2) is 64.6 Å². The Hall–Kier alpha value is -1.35. The van der Waals surface area contributed by atoms with Gasteiger partial charge in [-0.3, -0.25) is 4.79 Å². The summed E-state index contributed by atoms with van der Waals surface area (Å²) in [6.07, 6.45) is 1.52. The van der Waals surface area contributed by atoms with Gasteiger partial charge in [0.2, 0.25) is 15.9 Å². The molecule has 0 aromatic heterocycles. The van der Waals surface area contributed by atoms with Gasteiger partial charge >= 0.3 is 0 Å². The summed E-state index contributed by atoms with van der Waals surface area (Å²) in [6.45, 7) is 5.53. The van der Waals surface area contributed by atoms with Crippen LogP contribution in [0.15, 0.2) is 23.1 Å². The summed E-state index contributed by atoms with van der Waals surface area (Å²) in [6, 6.07) is 4.90. The van der Waals surface area contributed by atoms with Gasteiger partial charge in [-0.15, -0.1) is 0 Å². The zero-order valence-electron chi connectivity index (χ0n) is 15.5. The molecule has 27 heavy (non-hydrogen) atoms. The second-order valence-corrected chi connectivity index (χ2v) is 9.13. The molecule has 0 radical (unpaired) electrons. The lowest BCUT2D eigenvalue weighted by atomic mass is 9.95. The van der Waals surface area contributed by atoms with Gasteiger partial charge in [0.1, 0.15) is 0 Å². The summed E-state index contributed by atoms with van der Waals surface area (Å²) in [5.74, 6) is 0.135. The Bertz CT molecular complexity index is 773. The molecule has 0 aliphatic carbocycles. The number of ether oxygens (including phenoxy) is 1. The molecule has 1 aromatic carbocycles. The molecule has 0 spiro atoms. The topological polar surface area (TPSA) is 79.0 Å². The van der Waals surface area contributed by atoms with Crippen molar-refractivity contribution in [2.45, 2.75) is 24.7 Å². The van der Waals surface area contributed by atoms with Crippen LogP contribution in [-0.2, 0) is 19.6 Å². The van der Waals surface area contributed by atoms with E-state index in [9.17, 15) is 13.2 Å². The minimum Gasteiger partial charge on any atom is -0.379 e. The van der Waals surface area contributed by atoms with Crippen molar-refractivity contribution in [2.24, 2.45) is 5.92 Å². The van der Waals surface area contributed by atoms with E-state index < -0.39 is 10.0 Å². The Balaban J connectivity index is 1.69. The molecule has 0 unspecified atom stereocenters. The molecule has 2 saturated heterocycles. The molecular weight excluding hydrogens is 390 g/mol. The predicted octanol–water partition coefficient (Wildman–Crippen LogP) is 1.71. The quantitative estimate of drug-likeness (QED) is 0.792. The number of benzene rings is 1. The molecule has 1 N–H and O–H groups in total. The van der Waals surface area contributed by atoms with Crippen molar-refractivity contribution in [3.8, 4) is 0 Å². The first kappa shape index (κ1) is 20.4. The maximum absolute atomic E-state index is 12.8. The third-order valence-corrected chi connectivity index (χ3v) is 7.28. The largest absolute Gasteiger partial charge is 0.379 e. The van der Waals surface area contributed by atoms with Crippen molar-refractivity contribution in [1.82, 2.24) is 9.62 Å². The van der Waals surface area contributed by atoms with E-state index in [1.165, 1.54) is 10.4 Å². The van der Waals surface area contributed by atoms with E-state index in [1.54, 1.807) is 12.1 Å². The summed E-state index contributed by atoms with van der Waals surface area (Å²) in [5, 5.41) is 3.29. The zero-order chi connectivity index (χ0) is 19.4. The summed E-state index contributed by atoms with van der Waals surface area (Å²) >= 11 is 6.43. The van der Waals surface area contributed by atoms with E-state index in [0.29, 0.717) is 37.9 Å². The second kappa shape index (κ2) is 8.77. The number of hydrogen-bond acceptors (Lipinski definition) is 5. The van der Waals surface area contributed by atoms with E-state index in [-0.39, 0.29) is 16.7 Å². The lowest BCUT2D eigenvalue weighted by molar-refractivity contribution is -0.125. The van der Waals surface area contributed by atoms with E-state index in [1.807, 2.05) is 6.92 Å². The highest BCUT2D eigenvalue weighted by atomic mass is 35.5. The van der Waals surface area contributed by atoms with Crippen molar-refractivity contribution in [1.29, 1.82) is 0 Å². The first-order chi connectivity index (χ1) is 12.9. The number of anilines is 1. The fourth-order valence-electron chi connectivity index (χ4n) is 3.54. The standard InChI is InChI=1S/C18H26ClN3O4S/c1-2-20-18(23)14-5-7-21(8-6-14)17-4-3-15(13-16(17)19)27(24,25)22-9-11-26-12-10-22/h3-4,13-14H,2,5-12H2,1H3,(H,20,23). The van der Waals surface area contributed by atoms with Crippen molar-refractivity contribution in [3.63, 3.8) is 0 Å². The van der Waals surface area contributed by atoms with E-state index in [2.05, 4.69) is 10.2 Å². The molecule has 1 amide bonds. The fourth-order valence-corrected chi connectivity index (χ4v) is 5.34. The van der Waals surface area contributed by atoms with Crippen molar-refractivity contribution < 1.29 is 17.9 Å². The molecule has 0 saturated carbocycles. The summed E-state index contributed by atoms with van der Waals surface area (Å²) in [5.41, 5.74) is 0.812. The molecule has 150 valence electrons. The third-order valence-electron chi connectivity index (χ3n) is 5.08. The van der Waals surface area contributed by atoms with Crippen LogP contribution in [0.25, 0.3) is 0 Å². The fraction of sp³-hybridized carbons (Fsp3) is 0.611. The van der Waals surface area contributed by atoms with Crippen LogP contribution in [0.2, 0.25) is 5.02 Å². The Labute approximate surface area is 165 Å². The first-order valence-corrected chi connectivity index (χ1v) is 11.2. The number of amides is 1. The van der Waals surface area contributed by atoms with E-state index in [4.69, 9.17) is 16.3 Å². The molecule has 2 heterocycles. The van der Waals surface area contributed by atoms with Crippen molar-refractivity contribution >= 4 is 33.2 Å². The van der Waals surface area contributed by atoms with Crippen LogP contribution < -0.4 is 10.2 Å². The molecule has 2 fully saturated rings. The van der Waals surface area contributed by atoms with Crippen LogP contribution in [0.3, 0.4) is 0 Å². The van der Waals surface area contributed by atoms with Gasteiger partial charge in [0, 0.05) is 38.6 Å². The van der Waals surface area contributed by atoms with E-state index >= 15 is 0 Å². The van der Waals surface area contributed by atoms with Crippen LogP contribution in [0, 0.1) is 5.92 Å². The Morgan fingerprint density at radius 3 is 2.48 bits per heavy atom. The van der Waals surface area contributed by atoms with Crippen LogP contribution >= 0.6 is 11.6 Å². The molecule has 3 rings (SSSR count). The third kappa shape index (κ3) is 4.56. The number of carbonyl (C=O) groups is 1. The average molecular weight is 416 g/mol. The Morgan fingerprint density at radius 1 is 1.22 bits per heavy atom. The van der Waals surface area contributed by atoms with Crippen LogP contribution in [0.5, 0.6) is 0 Å². The molecule has 1 aromatic rings. The van der Waals surface area contributed by atoms with Gasteiger partial charge in [0.25, 0.3) is 0 Å². The number of morpholine rings is 1. The smallest absolute Gasteiger partial charge is 0.243 e. The average Bonchev–Trinajstić information content (AvgIpc) is 2.69. The van der Waals surface area contributed by atoms with Crippen LogP contribution in [0.4, 0.5) is 5.69 Å². The minimum atomic E-state index is -3.56. The molecule has 0 atom stereocenters. The maximum Gasteiger partial charge on any atom is 0.243 e. The maximum atomic E-state index is 12.8. The van der Waals surface area contributed by atoms with Gasteiger partial charge < -0.3 is 15.0 Å². The normalized spacial score (nSPS) is 19.9. The Kier molecular flexibility index (Phi) is 6.62. The number of carbonyl (C=O) groups excluding carboxylic acids is 1. The SMILES string of the molecule is CCNC(=O)C1CCN(c2ccc(S(=O)(=O)N3CCOCC3)cc2Cl)CC1. The minimum absolute atomic E-state index is 0.0287. The molecule has 2 aliphatic heterocycles. The summed E-state index contributed by atoms with van der Waals surface area (Å²) in [7, 11) is -3.56. The van der Waals surface area contributed by atoms with Crippen molar-refractivity contribution in [3.05, 3.63) is 23.2 Å². The second-order valence-electron chi connectivity index (χ2n) is 6.79. The zero-order valence-corrected chi connectivity index (χ0v) is 17.1. The molecule has 9 heteroatoms.